The first-order valence-electron chi connectivity index (χ1n) is 9.24. The summed E-state index contributed by atoms with van der Waals surface area (Å²) in [4.78, 5) is 12.3. The normalized spacial score (nSPS) is 11.4. The van der Waals surface area contributed by atoms with Crippen LogP contribution in [0.5, 0.6) is 5.75 Å². The van der Waals surface area contributed by atoms with Gasteiger partial charge in [-0.1, -0.05) is 48.5 Å². The molecule has 0 bridgehead atoms. The third-order valence-electron chi connectivity index (χ3n) is 4.29. The highest BCUT2D eigenvalue weighted by atomic mass is 32.2. The van der Waals surface area contributed by atoms with E-state index in [1.165, 1.54) is 18.2 Å². The van der Waals surface area contributed by atoms with Crippen molar-refractivity contribution in [2.75, 3.05) is 12.4 Å². The van der Waals surface area contributed by atoms with E-state index in [1.54, 1.807) is 25.3 Å². The monoisotopic (exact) mass is 422 g/mol. The van der Waals surface area contributed by atoms with Gasteiger partial charge in [0, 0.05) is 23.9 Å². The number of carbonyl (C=O) groups is 1. The van der Waals surface area contributed by atoms with E-state index in [0.717, 1.165) is 11.1 Å². The van der Waals surface area contributed by atoms with Crippen molar-refractivity contribution in [3.8, 4) is 5.75 Å². The summed E-state index contributed by atoms with van der Waals surface area (Å²) in [6, 6.07) is 22.6. The lowest BCUT2D eigenvalue weighted by Gasteiger charge is -2.08. The van der Waals surface area contributed by atoms with Gasteiger partial charge in [-0.05, 0) is 42.0 Å². The van der Waals surface area contributed by atoms with E-state index in [-0.39, 0.29) is 17.3 Å². The van der Waals surface area contributed by atoms with Gasteiger partial charge >= 0.3 is 0 Å². The van der Waals surface area contributed by atoms with E-state index < -0.39 is 10.0 Å². The number of para-hydroxylation sites is 1. The summed E-state index contributed by atoms with van der Waals surface area (Å²) in [6.45, 7) is 0.204. The van der Waals surface area contributed by atoms with E-state index in [9.17, 15) is 13.2 Å². The molecule has 0 atom stereocenters. The second kappa shape index (κ2) is 9.87. The molecule has 154 valence electrons. The molecule has 0 unspecified atom stereocenters. The number of nitrogens with one attached hydrogen (secondary N) is 2. The van der Waals surface area contributed by atoms with Gasteiger partial charge in [0.2, 0.25) is 15.9 Å². The fourth-order valence-electron chi connectivity index (χ4n) is 2.73. The highest BCUT2D eigenvalue weighted by Gasteiger charge is 2.13. The fourth-order valence-corrected chi connectivity index (χ4v) is 3.75. The number of rotatable bonds is 8. The average molecular weight is 423 g/mol. The molecule has 1 amide bonds. The fraction of sp³-hybridized carbons (Fsp3) is 0.0870. The molecule has 0 saturated heterocycles. The van der Waals surface area contributed by atoms with Crippen LogP contribution in [0.3, 0.4) is 0 Å². The van der Waals surface area contributed by atoms with E-state index >= 15 is 0 Å². The molecule has 0 aliphatic carbocycles. The molecule has 3 aromatic rings. The minimum absolute atomic E-state index is 0.126. The summed E-state index contributed by atoms with van der Waals surface area (Å²) >= 11 is 0. The van der Waals surface area contributed by atoms with Crippen molar-refractivity contribution in [2.45, 2.75) is 11.4 Å². The van der Waals surface area contributed by atoms with Crippen molar-refractivity contribution < 1.29 is 17.9 Å². The molecule has 0 heterocycles. The Hall–Kier alpha value is -3.42. The van der Waals surface area contributed by atoms with Crippen molar-refractivity contribution in [3.05, 3.63) is 96.1 Å². The van der Waals surface area contributed by atoms with Gasteiger partial charge in [-0.3, -0.25) is 4.79 Å². The standard InChI is InChI=1S/C23H22N2O4S/c1-29-22-10-6-5-9-19(22)11-16-23(26)25-20-12-14-21(15-13-20)30(27,28)24-17-18-7-3-2-4-8-18/h2-16,24H,17H2,1H3,(H,25,26). The second-order valence-corrected chi connectivity index (χ2v) is 8.17. The van der Waals surface area contributed by atoms with Gasteiger partial charge in [-0.25, -0.2) is 13.1 Å². The number of sulfonamides is 1. The maximum Gasteiger partial charge on any atom is 0.248 e. The summed E-state index contributed by atoms with van der Waals surface area (Å²) in [6.07, 6.45) is 3.05. The third-order valence-corrected chi connectivity index (χ3v) is 5.71. The second-order valence-electron chi connectivity index (χ2n) is 6.40. The first kappa shape index (κ1) is 21.3. The zero-order chi connectivity index (χ0) is 21.4. The molecule has 2 N–H and O–H groups in total. The lowest BCUT2D eigenvalue weighted by atomic mass is 10.2. The molecule has 0 saturated carbocycles. The first-order chi connectivity index (χ1) is 14.5. The SMILES string of the molecule is COc1ccccc1C=CC(=O)Nc1ccc(S(=O)(=O)NCc2ccccc2)cc1. The Kier molecular flexibility index (Phi) is 7.00. The van der Waals surface area contributed by atoms with E-state index in [0.29, 0.717) is 11.4 Å². The molecule has 0 spiro atoms. The van der Waals surface area contributed by atoms with Crippen molar-refractivity contribution >= 4 is 27.7 Å². The van der Waals surface area contributed by atoms with Crippen LogP contribution >= 0.6 is 0 Å². The largest absolute Gasteiger partial charge is 0.496 e. The highest BCUT2D eigenvalue weighted by Crippen LogP contribution is 2.19. The summed E-state index contributed by atoms with van der Waals surface area (Å²) in [5.74, 6) is 0.331. The van der Waals surface area contributed by atoms with Gasteiger partial charge in [-0.2, -0.15) is 0 Å². The van der Waals surface area contributed by atoms with Crippen LogP contribution in [0.25, 0.3) is 6.08 Å². The predicted molar refractivity (Wildman–Crippen MR) is 118 cm³/mol. The van der Waals surface area contributed by atoms with Crippen LogP contribution < -0.4 is 14.8 Å². The van der Waals surface area contributed by atoms with Gasteiger partial charge in [0.15, 0.2) is 0 Å². The van der Waals surface area contributed by atoms with Gasteiger partial charge in [0.05, 0.1) is 12.0 Å². The van der Waals surface area contributed by atoms with Crippen LogP contribution in [0.15, 0.2) is 89.8 Å². The van der Waals surface area contributed by atoms with Crippen LogP contribution in [0.1, 0.15) is 11.1 Å². The third kappa shape index (κ3) is 5.79. The molecular formula is C23H22N2O4S. The van der Waals surface area contributed by atoms with Crippen LogP contribution in [0.4, 0.5) is 5.69 Å². The zero-order valence-corrected chi connectivity index (χ0v) is 17.2. The molecule has 0 radical (unpaired) electrons. The number of carbonyl (C=O) groups excluding carboxylic acids is 1. The molecule has 0 aromatic heterocycles. The van der Waals surface area contributed by atoms with E-state index in [2.05, 4.69) is 10.0 Å². The molecule has 3 aromatic carbocycles. The Bertz CT molecular complexity index is 1130. The predicted octanol–water partition coefficient (Wildman–Crippen LogP) is 3.83. The summed E-state index contributed by atoms with van der Waals surface area (Å²) in [5.41, 5.74) is 2.14. The van der Waals surface area contributed by atoms with Gasteiger partial charge < -0.3 is 10.1 Å². The Balaban J connectivity index is 1.61. The van der Waals surface area contributed by atoms with Crippen LogP contribution in [-0.4, -0.2) is 21.4 Å². The average Bonchev–Trinajstić information content (AvgIpc) is 2.77. The number of ether oxygens (including phenoxy) is 1. The Morgan fingerprint density at radius 3 is 2.30 bits per heavy atom. The van der Waals surface area contributed by atoms with Gasteiger partial charge in [0.1, 0.15) is 5.75 Å². The van der Waals surface area contributed by atoms with Crippen LogP contribution in [0, 0.1) is 0 Å². The molecule has 0 fully saturated rings. The molecule has 0 aliphatic rings. The molecular weight excluding hydrogens is 400 g/mol. The minimum Gasteiger partial charge on any atom is -0.496 e. The lowest BCUT2D eigenvalue weighted by Crippen LogP contribution is -2.23. The number of hydrogen-bond donors (Lipinski definition) is 2. The van der Waals surface area contributed by atoms with E-state index in [4.69, 9.17) is 4.74 Å². The van der Waals surface area contributed by atoms with Crippen LogP contribution in [-0.2, 0) is 21.4 Å². The highest BCUT2D eigenvalue weighted by molar-refractivity contribution is 7.89. The molecule has 7 heteroatoms. The first-order valence-corrected chi connectivity index (χ1v) is 10.7. The van der Waals surface area contributed by atoms with E-state index in [1.807, 2.05) is 54.6 Å². The number of amides is 1. The molecule has 0 aliphatic heterocycles. The number of hydrogen-bond acceptors (Lipinski definition) is 4. The van der Waals surface area contributed by atoms with Crippen molar-refractivity contribution in [3.63, 3.8) is 0 Å². The molecule has 6 nitrogen and oxygen atoms in total. The molecule has 3 rings (SSSR count). The summed E-state index contributed by atoms with van der Waals surface area (Å²) in [5, 5.41) is 2.70. The Labute approximate surface area is 176 Å². The van der Waals surface area contributed by atoms with Crippen molar-refractivity contribution in [1.82, 2.24) is 4.72 Å². The smallest absolute Gasteiger partial charge is 0.248 e. The Morgan fingerprint density at radius 2 is 1.60 bits per heavy atom. The minimum atomic E-state index is -3.65. The topological polar surface area (TPSA) is 84.5 Å². The Morgan fingerprint density at radius 1 is 0.933 bits per heavy atom. The zero-order valence-electron chi connectivity index (χ0n) is 16.4. The quantitative estimate of drug-likeness (QED) is 0.541. The van der Waals surface area contributed by atoms with Crippen molar-refractivity contribution in [2.24, 2.45) is 0 Å². The number of anilines is 1. The molecule has 30 heavy (non-hydrogen) atoms. The maximum atomic E-state index is 12.4. The number of benzene rings is 3. The maximum absolute atomic E-state index is 12.4. The number of methoxy groups -OCH3 is 1. The van der Waals surface area contributed by atoms with Gasteiger partial charge in [0.25, 0.3) is 0 Å². The van der Waals surface area contributed by atoms with Crippen LogP contribution in [0.2, 0.25) is 0 Å². The summed E-state index contributed by atoms with van der Waals surface area (Å²) in [7, 11) is -2.08. The summed E-state index contributed by atoms with van der Waals surface area (Å²) < 4.78 is 32.7. The lowest BCUT2D eigenvalue weighted by molar-refractivity contribution is -0.111. The van der Waals surface area contributed by atoms with Gasteiger partial charge in [-0.15, -0.1) is 0 Å². The van der Waals surface area contributed by atoms with Crippen molar-refractivity contribution in [1.29, 1.82) is 0 Å².